The van der Waals surface area contributed by atoms with Crippen molar-refractivity contribution in [3.63, 3.8) is 0 Å². The molecule has 0 aromatic carbocycles. The average Bonchev–Trinajstić information content (AvgIpc) is 2.72. The molecule has 0 unspecified atom stereocenters. The molecule has 0 aliphatic heterocycles. The molecule has 0 aliphatic carbocycles. The van der Waals surface area contributed by atoms with Crippen LogP contribution in [0, 0.1) is 0 Å². The zero-order valence-electron chi connectivity index (χ0n) is 20.3. The van der Waals surface area contributed by atoms with E-state index < -0.39 is 8.56 Å². The fourth-order valence-electron chi connectivity index (χ4n) is 3.87. The lowest BCUT2D eigenvalue weighted by Crippen LogP contribution is -2.45. The quantitative estimate of drug-likeness (QED) is 0.276. The first-order valence-corrected chi connectivity index (χ1v) is 14.2. The van der Waals surface area contributed by atoms with E-state index in [4.69, 9.17) is 8.85 Å². The van der Waals surface area contributed by atoms with E-state index in [-0.39, 0.29) is 0 Å². The van der Waals surface area contributed by atoms with Crippen LogP contribution in [0.4, 0.5) is 0 Å². The van der Waals surface area contributed by atoms with Crippen molar-refractivity contribution in [3.8, 4) is 0 Å². The monoisotopic (exact) mass is 417 g/mol. The minimum absolute atomic E-state index is 0.768. The van der Waals surface area contributed by atoms with Crippen molar-refractivity contribution in [1.82, 2.24) is 14.7 Å². The van der Waals surface area contributed by atoms with Gasteiger partial charge in [0, 0.05) is 25.8 Å². The highest BCUT2D eigenvalue weighted by Gasteiger charge is 2.35. The summed E-state index contributed by atoms with van der Waals surface area (Å²) in [5, 5.41) is 0. The molecule has 0 saturated carbocycles. The molecular formula is C22H51N3O2Si. The Bertz CT molecular complexity index is 316. The Morgan fingerprint density at radius 2 is 0.929 bits per heavy atom. The van der Waals surface area contributed by atoms with Gasteiger partial charge in [0.05, 0.1) is 0 Å². The fraction of sp³-hybridized carbons (Fsp3) is 1.00. The van der Waals surface area contributed by atoms with E-state index in [1.165, 1.54) is 39.0 Å². The summed E-state index contributed by atoms with van der Waals surface area (Å²) in [6.07, 6.45) is 2.49. The topological polar surface area (TPSA) is 28.2 Å². The molecule has 170 valence electrons. The molecular weight excluding hydrogens is 366 g/mol. The Morgan fingerprint density at radius 3 is 1.25 bits per heavy atom. The van der Waals surface area contributed by atoms with Gasteiger partial charge in [0.1, 0.15) is 0 Å². The summed E-state index contributed by atoms with van der Waals surface area (Å²) in [6.45, 7) is 27.5. The lowest BCUT2D eigenvalue weighted by atomic mass is 10.3. The molecule has 0 N–H and O–H groups in total. The van der Waals surface area contributed by atoms with E-state index in [1.807, 2.05) is 0 Å². The molecule has 0 spiro atoms. The van der Waals surface area contributed by atoms with E-state index in [2.05, 4.69) is 63.2 Å². The van der Waals surface area contributed by atoms with Gasteiger partial charge in [-0.2, -0.15) is 0 Å². The van der Waals surface area contributed by atoms with E-state index in [9.17, 15) is 0 Å². The highest BCUT2D eigenvalue weighted by molar-refractivity contribution is 6.67. The smallest absolute Gasteiger partial charge is 0.339 e. The standard InChI is InChI=1S/C22H51N3O2Si/c1-8-23(9-2)17-15-19-25(20-16-18-24(10-3)11-4)21-22-28(14-7,26-12-5)27-13-6/h8-22H2,1-7H3. The first-order chi connectivity index (χ1) is 13.5. The summed E-state index contributed by atoms with van der Waals surface area (Å²) in [5.41, 5.74) is 0. The van der Waals surface area contributed by atoms with Gasteiger partial charge in [0.2, 0.25) is 0 Å². The second kappa shape index (κ2) is 17.8. The highest BCUT2D eigenvalue weighted by atomic mass is 28.4. The molecule has 0 amide bonds. The Balaban J connectivity index is 4.74. The lowest BCUT2D eigenvalue weighted by Gasteiger charge is -2.32. The minimum atomic E-state index is -2.04. The van der Waals surface area contributed by atoms with Gasteiger partial charge < -0.3 is 23.6 Å². The van der Waals surface area contributed by atoms with Crippen molar-refractivity contribution in [2.75, 3.05) is 72.1 Å². The van der Waals surface area contributed by atoms with Crippen LogP contribution in [0.2, 0.25) is 12.1 Å². The molecule has 0 bridgehead atoms. The van der Waals surface area contributed by atoms with Crippen molar-refractivity contribution in [2.24, 2.45) is 0 Å². The van der Waals surface area contributed by atoms with Crippen molar-refractivity contribution >= 4 is 8.56 Å². The van der Waals surface area contributed by atoms with Crippen molar-refractivity contribution in [3.05, 3.63) is 0 Å². The van der Waals surface area contributed by atoms with E-state index in [0.717, 1.165) is 58.0 Å². The van der Waals surface area contributed by atoms with Crippen LogP contribution >= 0.6 is 0 Å². The first-order valence-electron chi connectivity index (χ1n) is 12.0. The summed E-state index contributed by atoms with van der Waals surface area (Å²) < 4.78 is 12.4. The molecule has 0 aliphatic rings. The average molecular weight is 418 g/mol. The van der Waals surface area contributed by atoms with Gasteiger partial charge in [0.15, 0.2) is 0 Å². The molecule has 6 heteroatoms. The van der Waals surface area contributed by atoms with Crippen molar-refractivity contribution in [1.29, 1.82) is 0 Å². The van der Waals surface area contributed by atoms with Crippen LogP contribution in [-0.2, 0) is 8.85 Å². The summed E-state index contributed by atoms with van der Waals surface area (Å²) >= 11 is 0. The molecule has 0 fully saturated rings. The minimum Gasteiger partial charge on any atom is -0.394 e. The maximum absolute atomic E-state index is 6.20. The van der Waals surface area contributed by atoms with Gasteiger partial charge in [-0.1, -0.05) is 34.6 Å². The molecule has 0 aromatic rings. The molecule has 0 atom stereocenters. The lowest BCUT2D eigenvalue weighted by molar-refractivity contribution is 0.172. The maximum atomic E-state index is 6.20. The van der Waals surface area contributed by atoms with Gasteiger partial charge in [0.25, 0.3) is 0 Å². The number of rotatable bonds is 20. The van der Waals surface area contributed by atoms with Crippen LogP contribution in [0.1, 0.15) is 61.3 Å². The van der Waals surface area contributed by atoms with Gasteiger partial charge in [-0.3, -0.25) is 0 Å². The second-order valence-corrected chi connectivity index (χ2v) is 11.1. The van der Waals surface area contributed by atoms with Crippen LogP contribution in [0.15, 0.2) is 0 Å². The summed E-state index contributed by atoms with van der Waals surface area (Å²) in [4.78, 5) is 7.72. The Labute approximate surface area is 178 Å². The van der Waals surface area contributed by atoms with Gasteiger partial charge >= 0.3 is 8.56 Å². The SMILES string of the molecule is CCO[Si](CC)(CCN(CCCN(CC)CC)CCCN(CC)CC)OCC. The largest absolute Gasteiger partial charge is 0.394 e. The maximum Gasteiger partial charge on any atom is 0.339 e. The predicted octanol–water partition coefficient (Wildman–Crippen LogP) is 4.29. The predicted molar refractivity (Wildman–Crippen MR) is 126 cm³/mol. The molecule has 0 rings (SSSR count). The van der Waals surface area contributed by atoms with Crippen molar-refractivity contribution in [2.45, 2.75) is 73.4 Å². The number of hydrogen-bond acceptors (Lipinski definition) is 5. The molecule has 0 saturated heterocycles. The Morgan fingerprint density at radius 1 is 0.536 bits per heavy atom. The second-order valence-electron chi connectivity index (χ2n) is 7.48. The van der Waals surface area contributed by atoms with Crippen LogP contribution in [-0.4, -0.2) is 95.4 Å². The molecule has 5 nitrogen and oxygen atoms in total. The van der Waals surface area contributed by atoms with E-state index in [1.54, 1.807) is 0 Å². The third-order valence-corrected chi connectivity index (χ3v) is 9.54. The highest BCUT2D eigenvalue weighted by Crippen LogP contribution is 2.20. The zero-order valence-corrected chi connectivity index (χ0v) is 21.3. The first kappa shape index (κ1) is 28.0. The van der Waals surface area contributed by atoms with Crippen LogP contribution in [0.3, 0.4) is 0 Å². The zero-order chi connectivity index (χ0) is 21.3. The fourth-order valence-corrected chi connectivity index (χ4v) is 6.72. The number of hydrogen-bond donors (Lipinski definition) is 0. The molecule has 0 heterocycles. The summed E-state index contributed by atoms with van der Waals surface area (Å²) in [7, 11) is -2.04. The van der Waals surface area contributed by atoms with E-state index in [0.29, 0.717) is 0 Å². The third-order valence-electron chi connectivity index (χ3n) is 5.85. The summed E-state index contributed by atoms with van der Waals surface area (Å²) in [5.74, 6) is 0. The Hall–Kier alpha value is 0.0169. The van der Waals surface area contributed by atoms with E-state index >= 15 is 0 Å². The molecule has 28 heavy (non-hydrogen) atoms. The van der Waals surface area contributed by atoms with Gasteiger partial charge in [-0.25, -0.2) is 0 Å². The number of nitrogens with zero attached hydrogens (tertiary/aromatic N) is 3. The normalized spacial score (nSPS) is 12.6. The molecule has 0 radical (unpaired) electrons. The van der Waals surface area contributed by atoms with Crippen LogP contribution in [0.5, 0.6) is 0 Å². The van der Waals surface area contributed by atoms with Crippen LogP contribution in [0.25, 0.3) is 0 Å². The summed E-state index contributed by atoms with van der Waals surface area (Å²) in [6, 6.07) is 2.13. The van der Waals surface area contributed by atoms with Gasteiger partial charge in [-0.05, 0) is 85.1 Å². The molecule has 0 aromatic heterocycles. The van der Waals surface area contributed by atoms with Crippen molar-refractivity contribution < 1.29 is 8.85 Å². The van der Waals surface area contributed by atoms with Gasteiger partial charge in [-0.15, -0.1) is 0 Å². The van der Waals surface area contributed by atoms with Crippen LogP contribution < -0.4 is 0 Å². The Kier molecular flexibility index (Phi) is 17.9. The third kappa shape index (κ3) is 11.9.